The third-order valence-corrected chi connectivity index (χ3v) is 5.73. The molecule has 3 heterocycles. The second-order valence-electron chi connectivity index (χ2n) is 7.86. The summed E-state index contributed by atoms with van der Waals surface area (Å²) in [4.78, 5) is 19.8. The first-order chi connectivity index (χ1) is 15.0. The molecule has 2 aromatic heterocycles. The van der Waals surface area contributed by atoms with Gasteiger partial charge in [-0.25, -0.2) is 9.37 Å². The zero-order chi connectivity index (χ0) is 21.5. The fraction of sp³-hybridized carbons (Fsp3) is 0.160. The second kappa shape index (κ2) is 7.47. The topological polar surface area (TPSA) is 51.0 Å². The van der Waals surface area contributed by atoms with Crippen molar-refractivity contribution in [2.45, 2.75) is 26.9 Å². The van der Waals surface area contributed by atoms with Gasteiger partial charge in [-0.15, -0.1) is 0 Å². The lowest BCUT2D eigenvalue weighted by atomic mass is 9.98. The Kier molecular flexibility index (Phi) is 4.62. The minimum atomic E-state index is -0.435. The minimum absolute atomic E-state index is 0.276. The highest BCUT2D eigenvalue weighted by Gasteiger charge is 2.29. The molecule has 0 atom stereocenters. The fourth-order valence-electron chi connectivity index (χ4n) is 4.11. The van der Waals surface area contributed by atoms with E-state index in [2.05, 4.69) is 35.2 Å². The van der Waals surface area contributed by atoms with E-state index >= 15 is 0 Å². The van der Waals surface area contributed by atoms with Gasteiger partial charge in [0.15, 0.2) is 0 Å². The van der Waals surface area contributed by atoms with Gasteiger partial charge in [-0.05, 0) is 54.8 Å². The molecule has 0 saturated heterocycles. The number of carbonyl (C=O) groups excluding carboxylic acids is 1. The number of hydrogen-bond acceptors (Lipinski definition) is 3. The van der Waals surface area contributed by atoms with Crippen molar-refractivity contribution >= 4 is 11.7 Å². The molecule has 0 aliphatic carbocycles. The zero-order valence-corrected chi connectivity index (χ0v) is 17.3. The van der Waals surface area contributed by atoms with Crippen molar-refractivity contribution in [3.63, 3.8) is 0 Å². The number of halogens is 1. The smallest absolute Gasteiger partial charge is 0.260 e. The molecule has 4 aromatic rings. The summed E-state index contributed by atoms with van der Waals surface area (Å²) in [6, 6.07) is 16.4. The van der Waals surface area contributed by atoms with Crippen LogP contribution in [-0.4, -0.2) is 20.7 Å². The van der Waals surface area contributed by atoms with Gasteiger partial charge in [-0.1, -0.05) is 35.9 Å². The maximum atomic E-state index is 14.0. The summed E-state index contributed by atoms with van der Waals surface area (Å²) in [5.74, 6) is -0.129. The van der Waals surface area contributed by atoms with Crippen molar-refractivity contribution < 1.29 is 9.18 Å². The number of aryl methyl sites for hydroxylation is 2. The van der Waals surface area contributed by atoms with Crippen LogP contribution in [-0.2, 0) is 13.1 Å². The normalized spacial score (nSPS) is 12.8. The molecule has 1 amide bonds. The Balaban J connectivity index is 1.71. The number of carbonyl (C=O) groups is 1. The molecule has 0 bridgehead atoms. The molecule has 0 unspecified atom stereocenters. The number of rotatable bonds is 2. The molecule has 5 rings (SSSR count). The van der Waals surface area contributed by atoms with Crippen LogP contribution in [0.25, 0.3) is 11.1 Å². The molecule has 0 N–H and O–H groups in total. The van der Waals surface area contributed by atoms with Crippen LogP contribution in [0.15, 0.2) is 67.0 Å². The molecule has 1 aliphatic rings. The van der Waals surface area contributed by atoms with Crippen LogP contribution >= 0.6 is 0 Å². The highest BCUT2D eigenvalue weighted by atomic mass is 19.1. The molecule has 1 aliphatic heterocycles. The number of amides is 1. The lowest BCUT2D eigenvalue weighted by Gasteiger charge is -2.23. The maximum absolute atomic E-state index is 14.0. The van der Waals surface area contributed by atoms with E-state index in [-0.39, 0.29) is 5.91 Å². The van der Waals surface area contributed by atoms with Crippen LogP contribution in [0, 0.1) is 19.7 Å². The molecule has 5 nitrogen and oxygen atoms in total. The molecule has 31 heavy (non-hydrogen) atoms. The van der Waals surface area contributed by atoms with Gasteiger partial charge in [-0.3, -0.25) is 14.4 Å². The average molecular weight is 412 g/mol. The number of benzene rings is 2. The maximum Gasteiger partial charge on any atom is 0.260 e. The summed E-state index contributed by atoms with van der Waals surface area (Å²) < 4.78 is 15.9. The van der Waals surface area contributed by atoms with Crippen LogP contribution in [0.5, 0.6) is 0 Å². The van der Waals surface area contributed by atoms with Gasteiger partial charge < -0.3 is 0 Å². The summed E-state index contributed by atoms with van der Waals surface area (Å²) in [6.45, 7) is 4.68. The third kappa shape index (κ3) is 3.40. The first-order valence-corrected chi connectivity index (χ1v) is 10.1. The highest BCUT2D eigenvalue weighted by Crippen LogP contribution is 2.34. The number of aromatic nitrogens is 3. The van der Waals surface area contributed by atoms with Crippen molar-refractivity contribution in [1.82, 2.24) is 14.8 Å². The third-order valence-electron chi connectivity index (χ3n) is 5.73. The predicted octanol–water partition coefficient (Wildman–Crippen LogP) is 4.91. The molecular formula is C25H21FN4O. The van der Waals surface area contributed by atoms with Crippen molar-refractivity contribution in [2.75, 3.05) is 4.90 Å². The number of anilines is 1. The summed E-state index contributed by atoms with van der Waals surface area (Å²) in [5, 5.41) is 4.46. The average Bonchev–Trinajstić information content (AvgIpc) is 3.13. The highest BCUT2D eigenvalue weighted by molar-refractivity contribution is 6.07. The Hall–Kier alpha value is -3.80. The molecule has 0 fully saturated rings. The van der Waals surface area contributed by atoms with E-state index in [0.717, 1.165) is 33.5 Å². The summed E-state index contributed by atoms with van der Waals surface area (Å²) in [7, 11) is 0. The van der Waals surface area contributed by atoms with Gasteiger partial charge in [0.2, 0.25) is 0 Å². The quantitative estimate of drug-likeness (QED) is 0.470. The van der Waals surface area contributed by atoms with Crippen LogP contribution in [0.3, 0.4) is 0 Å². The van der Waals surface area contributed by atoms with E-state index in [0.29, 0.717) is 24.5 Å². The van der Waals surface area contributed by atoms with E-state index in [1.165, 1.54) is 12.1 Å². The predicted molar refractivity (Wildman–Crippen MR) is 117 cm³/mol. The first-order valence-electron chi connectivity index (χ1n) is 10.1. The SMILES string of the molecule is Cc1cccc(-c2ccnc3c2Cn2nccc2CN3C(=O)c2cc(F)ccc2C)c1. The second-order valence-corrected chi connectivity index (χ2v) is 7.86. The van der Waals surface area contributed by atoms with Crippen molar-refractivity contribution in [3.05, 3.63) is 101 Å². The van der Waals surface area contributed by atoms with Gasteiger partial charge in [0.05, 0.1) is 18.8 Å². The lowest BCUT2D eigenvalue weighted by Crippen LogP contribution is -2.32. The van der Waals surface area contributed by atoms with Gasteiger partial charge in [-0.2, -0.15) is 5.10 Å². The summed E-state index contributed by atoms with van der Waals surface area (Å²) in [5.41, 5.74) is 6.09. The van der Waals surface area contributed by atoms with E-state index in [1.54, 1.807) is 23.4 Å². The molecule has 0 spiro atoms. The van der Waals surface area contributed by atoms with E-state index in [1.807, 2.05) is 29.8 Å². The monoisotopic (exact) mass is 412 g/mol. The van der Waals surface area contributed by atoms with Crippen LogP contribution < -0.4 is 4.90 Å². The first kappa shape index (κ1) is 19.2. The minimum Gasteiger partial charge on any atom is -0.286 e. The number of hydrogen-bond donors (Lipinski definition) is 0. The van der Waals surface area contributed by atoms with E-state index in [9.17, 15) is 9.18 Å². The number of pyridine rings is 1. The molecule has 0 radical (unpaired) electrons. The van der Waals surface area contributed by atoms with Crippen LogP contribution in [0.2, 0.25) is 0 Å². The zero-order valence-electron chi connectivity index (χ0n) is 17.3. The molecule has 6 heteroatoms. The molecule has 154 valence electrons. The Morgan fingerprint density at radius 1 is 1.00 bits per heavy atom. The fourth-order valence-corrected chi connectivity index (χ4v) is 4.11. The number of fused-ring (bicyclic) bond motifs is 2. The largest absolute Gasteiger partial charge is 0.286 e. The summed E-state index contributed by atoms with van der Waals surface area (Å²) >= 11 is 0. The van der Waals surface area contributed by atoms with Gasteiger partial charge in [0, 0.05) is 23.5 Å². The van der Waals surface area contributed by atoms with Crippen molar-refractivity contribution in [3.8, 4) is 11.1 Å². The Morgan fingerprint density at radius 3 is 2.71 bits per heavy atom. The molecule has 2 aromatic carbocycles. The van der Waals surface area contributed by atoms with Crippen LogP contribution in [0.4, 0.5) is 10.2 Å². The summed E-state index contributed by atoms with van der Waals surface area (Å²) in [6.07, 6.45) is 3.46. The van der Waals surface area contributed by atoms with Gasteiger partial charge in [0.25, 0.3) is 5.91 Å². The Labute approximate surface area is 179 Å². The molecule has 0 saturated carbocycles. The van der Waals surface area contributed by atoms with Crippen molar-refractivity contribution in [2.24, 2.45) is 0 Å². The lowest BCUT2D eigenvalue weighted by molar-refractivity contribution is 0.0983. The van der Waals surface area contributed by atoms with Gasteiger partial charge >= 0.3 is 0 Å². The van der Waals surface area contributed by atoms with E-state index < -0.39 is 5.82 Å². The van der Waals surface area contributed by atoms with Gasteiger partial charge in [0.1, 0.15) is 11.6 Å². The Bertz CT molecular complexity index is 1310. The van der Waals surface area contributed by atoms with E-state index in [4.69, 9.17) is 0 Å². The molecular weight excluding hydrogens is 391 g/mol. The standard InChI is InChI=1S/C25H21FN4O/c1-16-4-3-5-18(12-16)21-9-10-27-24-23(21)15-30-20(8-11-28-30)14-29(24)25(31)22-13-19(26)7-6-17(22)2/h3-13H,14-15H2,1-2H3. The Morgan fingerprint density at radius 2 is 1.87 bits per heavy atom. The van der Waals surface area contributed by atoms with Crippen molar-refractivity contribution in [1.29, 1.82) is 0 Å². The van der Waals surface area contributed by atoms with Crippen LogP contribution in [0.1, 0.15) is 32.7 Å². The number of nitrogens with zero attached hydrogens (tertiary/aromatic N) is 4.